The lowest BCUT2D eigenvalue weighted by atomic mass is 9.95. The van der Waals surface area contributed by atoms with Gasteiger partial charge in [0.05, 0.1) is 5.69 Å². The van der Waals surface area contributed by atoms with Gasteiger partial charge in [-0.3, -0.25) is 4.79 Å². The Morgan fingerprint density at radius 1 is 0.941 bits per heavy atom. The van der Waals surface area contributed by atoms with Crippen molar-refractivity contribution in [3.63, 3.8) is 0 Å². The molecule has 4 aromatic rings. The molecule has 0 bridgehead atoms. The molecular formula is C26H24N6O2. The molecule has 1 saturated heterocycles. The van der Waals surface area contributed by atoms with Crippen LogP contribution < -0.4 is 4.74 Å². The molecule has 1 aromatic carbocycles. The summed E-state index contributed by atoms with van der Waals surface area (Å²) in [5.41, 5.74) is 2.74. The van der Waals surface area contributed by atoms with E-state index in [1.54, 1.807) is 18.5 Å². The van der Waals surface area contributed by atoms with Gasteiger partial charge >= 0.3 is 0 Å². The van der Waals surface area contributed by atoms with Crippen molar-refractivity contribution in [3.8, 4) is 22.9 Å². The van der Waals surface area contributed by atoms with Crippen molar-refractivity contribution in [2.24, 2.45) is 0 Å². The molecule has 0 saturated carbocycles. The zero-order chi connectivity index (χ0) is 23.3. The third kappa shape index (κ3) is 4.91. The number of pyridine rings is 1. The average Bonchev–Trinajstić information content (AvgIpc) is 2.89. The first-order chi connectivity index (χ1) is 16.7. The first kappa shape index (κ1) is 21.6. The van der Waals surface area contributed by atoms with Crippen molar-refractivity contribution in [1.29, 1.82) is 0 Å². The maximum Gasteiger partial charge on any atom is 0.272 e. The first-order valence-corrected chi connectivity index (χ1v) is 11.3. The van der Waals surface area contributed by atoms with Crippen LogP contribution in [0.5, 0.6) is 11.6 Å². The Balaban J connectivity index is 1.26. The van der Waals surface area contributed by atoms with Crippen LogP contribution in [0, 0.1) is 6.92 Å². The van der Waals surface area contributed by atoms with E-state index in [0.717, 1.165) is 35.7 Å². The molecule has 170 valence electrons. The molecule has 8 nitrogen and oxygen atoms in total. The van der Waals surface area contributed by atoms with Crippen LogP contribution in [0.2, 0.25) is 0 Å². The summed E-state index contributed by atoms with van der Waals surface area (Å²) in [5, 5.41) is 0. The summed E-state index contributed by atoms with van der Waals surface area (Å²) >= 11 is 0. The fourth-order valence-electron chi connectivity index (χ4n) is 4.05. The van der Waals surface area contributed by atoms with E-state index in [4.69, 9.17) is 4.74 Å². The number of aryl methyl sites for hydroxylation is 1. The summed E-state index contributed by atoms with van der Waals surface area (Å²) in [4.78, 5) is 36.9. The maximum atomic E-state index is 13.1. The fraction of sp³-hybridized carbons (Fsp3) is 0.231. The molecule has 5 rings (SSSR count). The summed E-state index contributed by atoms with van der Waals surface area (Å²) in [6, 6.07) is 16.9. The van der Waals surface area contributed by atoms with Crippen molar-refractivity contribution < 1.29 is 9.53 Å². The van der Waals surface area contributed by atoms with Gasteiger partial charge in [-0.15, -0.1) is 0 Å². The largest absolute Gasteiger partial charge is 0.439 e. The van der Waals surface area contributed by atoms with Crippen LogP contribution in [0.25, 0.3) is 11.3 Å². The molecule has 0 unspecified atom stereocenters. The van der Waals surface area contributed by atoms with Gasteiger partial charge in [-0.25, -0.2) is 19.9 Å². The highest BCUT2D eigenvalue weighted by Crippen LogP contribution is 2.29. The van der Waals surface area contributed by atoms with E-state index in [1.165, 1.54) is 6.33 Å². The van der Waals surface area contributed by atoms with E-state index in [-0.39, 0.29) is 11.8 Å². The molecule has 4 heterocycles. The number of benzene rings is 1. The number of hydrogen-bond donors (Lipinski definition) is 0. The summed E-state index contributed by atoms with van der Waals surface area (Å²) < 4.78 is 5.92. The summed E-state index contributed by atoms with van der Waals surface area (Å²) in [5.74, 6) is 2.14. The third-order valence-corrected chi connectivity index (χ3v) is 5.79. The molecule has 1 aliphatic rings. The fourth-order valence-corrected chi connectivity index (χ4v) is 4.05. The molecule has 1 amide bonds. The van der Waals surface area contributed by atoms with Gasteiger partial charge in [0.2, 0.25) is 5.88 Å². The zero-order valence-electron chi connectivity index (χ0n) is 18.8. The van der Waals surface area contributed by atoms with E-state index in [9.17, 15) is 4.79 Å². The van der Waals surface area contributed by atoms with Crippen molar-refractivity contribution in [2.75, 3.05) is 13.1 Å². The molecular weight excluding hydrogens is 428 g/mol. The second kappa shape index (κ2) is 9.74. The number of piperidine rings is 1. The van der Waals surface area contributed by atoms with Crippen molar-refractivity contribution in [3.05, 3.63) is 90.5 Å². The zero-order valence-corrected chi connectivity index (χ0v) is 18.8. The number of carbonyl (C=O) groups excluding carboxylic acids is 1. The number of carbonyl (C=O) groups is 1. The molecule has 1 aliphatic heterocycles. The second-order valence-corrected chi connectivity index (χ2v) is 8.22. The van der Waals surface area contributed by atoms with Crippen molar-refractivity contribution in [1.82, 2.24) is 29.8 Å². The molecule has 0 aliphatic carbocycles. The lowest BCUT2D eigenvalue weighted by Gasteiger charge is -2.31. The predicted octanol–water partition coefficient (Wildman–Crippen LogP) is 4.45. The molecule has 0 spiro atoms. The Bertz CT molecular complexity index is 1270. The van der Waals surface area contributed by atoms with Crippen LogP contribution in [0.1, 0.15) is 40.8 Å². The van der Waals surface area contributed by atoms with Crippen molar-refractivity contribution >= 4 is 5.91 Å². The number of para-hydroxylation sites is 1. The normalized spacial score (nSPS) is 14.1. The smallest absolute Gasteiger partial charge is 0.272 e. The van der Waals surface area contributed by atoms with Crippen LogP contribution in [-0.2, 0) is 0 Å². The molecule has 0 radical (unpaired) electrons. The Labute approximate surface area is 197 Å². The number of nitrogens with zero attached hydrogens (tertiary/aromatic N) is 6. The summed E-state index contributed by atoms with van der Waals surface area (Å²) in [6.07, 6.45) is 6.41. The quantitative estimate of drug-likeness (QED) is 0.442. The summed E-state index contributed by atoms with van der Waals surface area (Å²) in [6.45, 7) is 3.18. The number of amides is 1. The Hall–Kier alpha value is -4.20. The van der Waals surface area contributed by atoms with Gasteiger partial charge in [-0.1, -0.05) is 24.3 Å². The van der Waals surface area contributed by atoms with Crippen LogP contribution >= 0.6 is 0 Å². The van der Waals surface area contributed by atoms with Crippen LogP contribution in [0.4, 0.5) is 0 Å². The van der Waals surface area contributed by atoms with Gasteiger partial charge in [0.25, 0.3) is 5.91 Å². The third-order valence-electron chi connectivity index (χ3n) is 5.79. The minimum absolute atomic E-state index is 0.0737. The van der Waals surface area contributed by atoms with Gasteiger partial charge in [-0.2, -0.15) is 4.98 Å². The van der Waals surface area contributed by atoms with E-state index < -0.39 is 0 Å². The predicted molar refractivity (Wildman–Crippen MR) is 126 cm³/mol. The van der Waals surface area contributed by atoms with Gasteiger partial charge in [0.1, 0.15) is 23.6 Å². The Morgan fingerprint density at radius 2 is 1.71 bits per heavy atom. The van der Waals surface area contributed by atoms with Crippen molar-refractivity contribution in [2.45, 2.75) is 25.7 Å². The van der Waals surface area contributed by atoms with Crippen LogP contribution in [0.15, 0.2) is 73.3 Å². The lowest BCUT2D eigenvalue weighted by molar-refractivity contribution is 0.0705. The highest BCUT2D eigenvalue weighted by Gasteiger charge is 2.27. The number of rotatable bonds is 5. The first-order valence-electron chi connectivity index (χ1n) is 11.3. The Kier molecular flexibility index (Phi) is 6.20. The SMILES string of the molecule is Cc1cc(Oc2ccccc2)nc(C2CCN(C(=O)c3cccc(-c4cncnc4)n3)CC2)n1. The van der Waals surface area contributed by atoms with E-state index in [0.29, 0.717) is 30.4 Å². The number of aromatic nitrogens is 5. The van der Waals surface area contributed by atoms with Gasteiger partial charge in [0.15, 0.2) is 0 Å². The lowest BCUT2D eigenvalue weighted by Crippen LogP contribution is -2.38. The maximum absolute atomic E-state index is 13.1. The van der Waals surface area contributed by atoms with E-state index in [2.05, 4.69) is 24.9 Å². The highest BCUT2D eigenvalue weighted by atomic mass is 16.5. The molecule has 1 fully saturated rings. The van der Waals surface area contributed by atoms with E-state index >= 15 is 0 Å². The number of ether oxygens (including phenoxy) is 1. The van der Waals surface area contributed by atoms with Gasteiger partial charge < -0.3 is 9.64 Å². The van der Waals surface area contributed by atoms with Gasteiger partial charge in [-0.05, 0) is 44.0 Å². The van der Waals surface area contributed by atoms with Gasteiger partial charge in [0, 0.05) is 48.7 Å². The minimum Gasteiger partial charge on any atom is -0.439 e. The molecule has 3 aromatic heterocycles. The number of likely N-dealkylation sites (tertiary alicyclic amines) is 1. The molecule has 8 heteroatoms. The highest BCUT2D eigenvalue weighted by molar-refractivity contribution is 5.93. The van der Waals surface area contributed by atoms with Crippen LogP contribution in [-0.4, -0.2) is 48.8 Å². The van der Waals surface area contributed by atoms with Crippen LogP contribution in [0.3, 0.4) is 0 Å². The number of hydrogen-bond acceptors (Lipinski definition) is 7. The topological polar surface area (TPSA) is 94.0 Å². The van der Waals surface area contributed by atoms with E-state index in [1.807, 2.05) is 60.4 Å². The minimum atomic E-state index is -0.0737. The average molecular weight is 453 g/mol. The standard InChI is InChI=1S/C26H24N6O2/c1-18-14-24(34-21-6-3-2-4-7-21)31-25(29-18)19-10-12-32(13-11-19)26(33)23-9-5-8-22(30-23)20-15-27-17-28-16-20/h2-9,14-17,19H,10-13H2,1H3. The second-order valence-electron chi connectivity index (χ2n) is 8.22. The molecule has 34 heavy (non-hydrogen) atoms. The summed E-state index contributed by atoms with van der Waals surface area (Å²) in [7, 11) is 0. The molecule has 0 N–H and O–H groups in total. The molecule has 0 atom stereocenters. The Morgan fingerprint density at radius 3 is 2.47 bits per heavy atom. The monoisotopic (exact) mass is 452 g/mol.